The van der Waals surface area contributed by atoms with E-state index in [9.17, 15) is 0 Å². The molecule has 2 unspecified atom stereocenters. The molecule has 3 aliphatic rings. The standard InChI is InChI=1S/C15H30N4/c1-12-9-18(15-3-5-16-6-4-15)10-13(2)19(12)11-14-7-17-8-14/h12-17H,3-11H2,1-2H3. The average Bonchev–Trinajstić information content (AvgIpc) is 2.36. The first kappa shape index (κ1) is 13.8. The number of piperidine rings is 1. The van der Waals surface area contributed by atoms with E-state index in [2.05, 4.69) is 34.3 Å². The van der Waals surface area contributed by atoms with Crippen molar-refractivity contribution in [1.82, 2.24) is 20.4 Å². The molecule has 110 valence electrons. The predicted octanol–water partition coefficient (Wildman–Crippen LogP) is 0.352. The second-order valence-electron chi connectivity index (χ2n) is 6.85. The number of nitrogens with one attached hydrogen (secondary N) is 2. The third-order valence-corrected chi connectivity index (χ3v) is 5.29. The topological polar surface area (TPSA) is 30.5 Å². The second-order valence-corrected chi connectivity index (χ2v) is 6.85. The molecule has 0 aromatic rings. The Morgan fingerprint density at radius 3 is 2.11 bits per heavy atom. The van der Waals surface area contributed by atoms with Crippen LogP contribution >= 0.6 is 0 Å². The van der Waals surface area contributed by atoms with Gasteiger partial charge in [0.2, 0.25) is 0 Å². The van der Waals surface area contributed by atoms with Crippen LogP contribution in [-0.4, -0.2) is 73.7 Å². The van der Waals surface area contributed by atoms with E-state index >= 15 is 0 Å². The first-order chi connectivity index (χ1) is 9.24. The molecule has 2 N–H and O–H groups in total. The van der Waals surface area contributed by atoms with Gasteiger partial charge in [0.05, 0.1) is 0 Å². The SMILES string of the molecule is CC1CN(C2CCNCC2)CC(C)N1CC1CNC1. The molecule has 0 aromatic carbocycles. The molecule has 4 nitrogen and oxygen atoms in total. The summed E-state index contributed by atoms with van der Waals surface area (Å²) >= 11 is 0. The third kappa shape index (κ3) is 3.13. The van der Waals surface area contributed by atoms with Gasteiger partial charge in [-0.15, -0.1) is 0 Å². The zero-order valence-electron chi connectivity index (χ0n) is 12.6. The van der Waals surface area contributed by atoms with Gasteiger partial charge in [-0.25, -0.2) is 0 Å². The van der Waals surface area contributed by atoms with Crippen molar-refractivity contribution >= 4 is 0 Å². The summed E-state index contributed by atoms with van der Waals surface area (Å²) in [7, 11) is 0. The van der Waals surface area contributed by atoms with E-state index in [0.717, 1.165) is 24.0 Å². The summed E-state index contributed by atoms with van der Waals surface area (Å²) in [6.45, 7) is 13.6. The number of hydrogen-bond acceptors (Lipinski definition) is 4. The Bertz CT molecular complexity index is 274. The van der Waals surface area contributed by atoms with Crippen molar-refractivity contribution in [3.8, 4) is 0 Å². The van der Waals surface area contributed by atoms with Crippen molar-refractivity contribution in [2.45, 2.75) is 44.8 Å². The molecule has 3 aliphatic heterocycles. The lowest BCUT2D eigenvalue weighted by Gasteiger charge is -2.49. The largest absolute Gasteiger partial charge is 0.317 e. The minimum Gasteiger partial charge on any atom is -0.317 e. The summed E-state index contributed by atoms with van der Waals surface area (Å²) < 4.78 is 0. The summed E-state index contributed by atoms with van der Waals surface area (Å²) in [5.41, 5.74) is 0. The van der Waals surface area contributed by atoms with E-state index < -0.39 is 0 Å². The zero-order valence-corrected chi connectivity index (χ0v) is 12.6. The maximum absolute atomic E-state index is 3.48. The minimum atomic E-state index is 0.722. The van der Waals surface area contributed by atoms with Gasteiger partial charge in [0.15, 0.2) is 0 Å². The normalized spacial score (nSPS) is 36.3. The number of nitrogens with zero attached hydrogens (tertiary/aromatic N) is 2. The summed E-state index contributed by atoms with van der Waals surface area (Å²) in [5, 5.41) is 6.88. The van der Waals surface area contributed by atoms with Crippen molar-refractivity contribution in [3.05, 3.63) is 0 Å². The first-order valence-electron chi connectivity index (χ1n) is 8.15. The summed E-state index contributed by atoms with van der Waals surface area (Å²) in [5.74, 6) is 0.898. The molecule has 0 aromatic heterocycles. The van der Waals surface area contributed by atoms with Crippen LogP contribution in [0.2, 0.25) is 0 Å². The van der Waals surface area contributed by atoms with Gasteiger partial charge in [-0.2, -0.15) is 0 Å². The van der Waals surface area contributed by atoms with Crippen molar-refractivity contribution in [2.75, 3.05) is 45.8 Å². The highest BCUT2D eigenvalue weighted by molar-refractivity contribution is 4.91. The zero-order chi connectivity index (χ0) is 13.2. The van der Waals surface area contributed by atoms with Crippen LogP contribution in [0.4, 0.5) is 0 Å². The highest BCUT2D eigenvalue weighted by Gasteiger charge is 2.34. The molecule has 0 spiro atoms. The van der Waals surface area contributed by atoms with Crippen LogP contribution in [-0.2, 0) is 0 Å². The van der Waals surface area contributed by atoms with Crippen LogP contribution in [0, 0.1) is 5.92 Å². The Kier molecular flexibility index (Phi) is 4.42. The quantitative estimate of drug-likeness (QED) is 0.772. The molecule has 3 heterocycles. The van der Waals surface area contributed by atoms with Gasteiger partial charge in [-0.05, 0) is 45.7 Å². The molecule has 0 aliphatic carbocycles. The Morgan fingerprint density at radius 2 is 1.58 bits per heavy atom. The smallest absolute Gasteiger partial charge is 0.0198 e. The lowest BCUT2D eigenvalue weighted by atomic mass is 9.96. The van der Waals surface area contributed by atoms with Gasteiger partial charge >= 0.3 is 0 Å². The predicted molar refractivity (Wildman–Crippen MR) is 79.5 cm³/mol. The molecule has 3 fully saturated rings. The van der Waals surface area contributed by atoms with Gasteiger partial charge < -0.3 is 10.6 Å². The second kappa shape index (κ2) is 6.08. The van der Waals surface area contributed by atoms with Crippen LogP contribution < -0.4 is 10.6 Å². The van der Waals surface area contributed by atoms with E-state index in [0.29, 0.717) is 0 Å². The van der Waals surface area contributed by atoms with Crippen LogP contribution in [0.15, 0.2) is 0 Å². The van der Waals surface area contributed by atoms with Crippen LogP contribution in [0.3, 0.4) is 0 Å². The Balaban J connectivity index is 1.54. The van der Waals surface area contributed by atoms with Crippen molar-refractivity contribution < 1.29 is 0 Å². The van der Waals surface area contributed by atoms with Crippen LogP contribution in [0.5, 0.6) is 0 Å². The molecule has 3 rings (SSSR count). The summed E-state index contributed by atoms with van der Waals surface area (Å²) in [6, 6.07) is 2.28. The Labute approximate surface area is 117 Å². The molecule has 4 heteroatoms. The number of hydrogen-bond donors (Lipinski definition) is 2. The maximum atomic E-state index is 3.48. The fourth-order valence-corrected chi connectivity index (χ4v) is 4.00. The molecular weight excluding hydrogens is 236 g/mol. The molecule has 19 heavy (non-hydrogen) atoms. The fourth-order valence-electron chi connectivity index (χ4n) is 4.00. The fraction of sp³-hybridized carbons (Fsp3) is 1.00. The van der Waals surface area contributed by atoms with E-state index in [1.807, 2.05) is 0 Å². The summed E-state index contributed by atoms with van der Waals surface area (Å²) in [6.07, 6.45) is 2.68. The van der Waals surface area contributed by atoms with Gasteiger partial charge in [0.1, 0.15) is 0 Å². The third-order valence-electron chi connectivity index (χ3n) is 5.29. The van der Waals surface area contributed by atoms with Crippen molar-refractivity contribution in [1.29, 1.82) is 0 Å². The van der Waals surface area contributed by atoms with E-state index in [1.54, 1.807) is 0 Å². The minimum absolute atomic E-state index is 0.722. The molecule has 0 amide bonds. The average molecular weight is 266 g/mol. The van der Waals surface area contributed by atoms with Crippen LogP contribution in [0.25, 0.3) is 0 Å². The monoisotopic (exact) mass is 266 g/mol. The van der Waals surface area contributed by atoms with Crippen molar-refractivity contribution in [3.63, 3.8) is 0 Å². The lowest BCUT2D eigenvalue weighted by molar-refractivity contribution is -0.00332. The van der Waals surface area contributed by atoms with Crippen LogP contribution in [0.1, 0.15) is 26.7 Å². The lowest BCUT2D eigenvalue weighted by Crippen LogP contribution is -2.62. The number of rotatable bonds is 3. The van der Waals surface area contributed by atoms with Gasteiger partial charge in [-0.1, -0.05) is 0 Å². The van der Waals surface area contributed by atoms with Gasteiger partial charge in [0.25, 0.3) is 0 Å². The van der Waals surface area contributed by atoms with E-state index in [-0.39, 0.29) is 0 Å². The number of piperazine rings is 1. The molecule has 3 saturated heterocycles. The Hall–Kier alpha value is -0.160. The van der Waals surface area contributed by atoms with Gasteiger partial charge in [0, 0.05) is 50.8 Å². The van der Waals surface area contributed by atoms with E-state index in [1.165, 1.54) is 58.7 Å². The molecule has 0 radical (unpaired) electrons. The first-order valence-corrected chi connectivity index (χ1v) is 8.15. The van der Waals surface area contributed by atoms with Gasteiger partial charge in [-0.3, -0.25) is 9.80 Å². The molecule has 2 atom stereocenters. The molecular formula is C15H30N4. The highest BCUT2D eigenvalue weighted by Crippen LogP contribution is 2.23. The summed E-state index contributed by atoms with van der Waals surface area (Å²) in [4.78, 5) is 5.52. The highest BCUT2D eigenvalue weighted by atomic mass is 15.3. The van der Waals surface area contributed by atoms with E-state index in [4.69, 9.17) is 0 Å². The molecule has 0 bridgehead atoms. The Morgan fingerprint density at radius 1 is 0.947 bits per heavy atom. The molecule has 0 saturated carbocycles. The van der Waals surface area contributed by atoms with Crippen molar-refractivity contribution in [2.24, 2.45) is 5.92 Å². The maximum Gasteiger partial charge on any atom is 0.0198 e.